The van der Waals surface area contributed by atoms with Crippen molar-refractivity contribution in [2.24, 2.45) is 0 Å². The highest BCUT2D eigenvalue weighted by Crippen LogP contribution is 2.42. The molecule has 2 aliphatic rings. The van der Waals surface area contributed by atoms with Gasteiger partial charge in [0.1, 0.15) is 11.5 Å². The van der Waals surface area contributed by atoms with Gasteiger partial charge in [-0.3, -0.25) is 9.59 Å². The molecule has 7 nitrogen and oxygen atoms in total. The van der Waals surface area contributed by atoms with E-state index in [0.29, 0.717) is 29.4 Å². The van der Waals surface area contributed by atoms with Gasteiger partial charge < -0.3 is 24.2 Å². The SMILES string of the molecule is CCCCCOc1ccc(/C(O)=C2\C(=O)C(=O)N(Cc3ccc4c(c3)OCO4)C2c2ccc(C(C)(C)C)cc2)cc1. The zero-order chi connectivity index (χ0) is 29.1. The Morgan fingerprint density at radius 2 is 1.66 bits per heavy atom. The number of amides is 1. The van der Waals surface area contributed by atoms with Crippen LogP contribution in [0.5, 0.6) is 17.2 Å². The second-order valence-corrected chi connectivity index (χ2v) is 11.6. The lowest BCUT2D eigenvalue weighted by molar-refractivity contribution is -0.140. The predicted molar refractivity (Wildman–Crippen MR) is 157 cm³/mol. The molecule has 1 amide bonds. The van der Waals surface area contributed by atoms with Crippen LogP contribution in [0.25, 0.3) is 5.76 Å². The minimum absolute atomic E-state index is 0.0623. The number of aliphatic hydroxyl groups excluding tert-OH is 1. The number of likely N-dealkylation sites (tertiary alicyclic amines) is 1. The maximum atomic E-state index is 13.5. The Labute approximate surface area is 241 Å². The lowest BCUT2D eigenvalue weighted by Crippen LogP contribution is -2.29. The van der Waals surface area contributed by atoms with Crippen molar-refractivity contribution in [1.29, 1.82) is 0 Å². The summed E-state index contributed by atoms with van der Waals surface area (Å²) >= 11 is 0. The number of ketones is 1. The summed E-state index contributed by atoms with van der Waals surface area (Å²) < 4.78 is 16.7. The zero-order valence-corrected chi connectivity index (χ0v) is 24.1. The van der Waals surface area contributed by atoms with E-state index in [2.05, 4.69) is 27.7 Å². The van der Waals surface area contributed by atoms with Gasteiger partial charge in [-0.25, -0.2) is 0 Å². The van der Waals surface area contributed by atoms with Crippen molar-refractivity contribution in [1.82, 2.24) is 4.90 Å². The molecule has 2 aliphatic heterocycles. The summed E-state index contributed by atoms with van der Waals surface area (Å²) in [5.41, 5.74) is 3.11. The van der Waals surface area contributed by atoms with Crippen molar-refractivity contribution in [2.45, 2.75) is 65.0 Å². The number of benzene rings is 3. The second-order valence-electron chi connectivity index (χ2n) is 11.6. The number of hydrogen-bond acceptors (Lipinski definition) is 6. The van der Waals surface area contributed by atoms with Crippen molar-refractivity contribution in [3.63, 3.8) is 0 Å². The fraction of sp³-hybridized carbons (Fsp3) is 0.353. The summed E-state index contributed by atoms with van der Waals surface area (Å²) in [5.74, 6) is 0.345. The normalized spacial score (nSPS) is 17.8. The number of carbonyl (C=O) groups excluding carboxylic acids is 2. The van der Waals surface area contributed by atoms with Crippen LogP contribution in [0.3, 0.4) is 0 Å². The van der Waals surface area contributed by atoms with Crippen LogP contribution in [0, 0.1) is 0 Å². The van der Waals surface area contributed by atoms with E-state index in [-0.39, 0.29) is 30.1 Å². The summed E-state index contributed by atoms with van der Waals surface area (Å²) in [4.78, 5) is 28.5. The van der Waals surface area contributed by atoms with Crippen LogP contribution in [-0.2, 0) is 21.5 Å². The second kappa shape index (κ2) is 11.7. The number of ether oxygens (including phenoxy) is 3. The van der Waals surface area contributed by atoms with E-state index in [1.807, 2.05) is 36.4 Å². The van der Waals surface area contributed by atoms with Crippen molar-refractivity contribution in [3.05, 3.63) is 94.6 Å². The largest absolute Gasteiger partial charge is 0.507 e. The van der Waals surface area contributed by atoms with E-state index in [9.17, 15) is 14.7 Å². The maximum absolute atomic E-state index is 13.5. The average molecular weight is 556 g/mol. The summed E-state index contributed by atoms with van der Waals surface area (Å²) in [6.45, 7) is 9.46. The molecule has 0 saturated carbocycles. The van der Waals surface area contributed by atoms with E-state index >= 15 is 0 Å². The molecule has 0 aliphatic carbocycles. The van der Waals surface area contributed by atoms with E-state index in [4.69, 9.17) is 14.2 Å². The summed E-state index contributed by atoms with van der Waals surface area (Å²) in [6.07, 6.45) is 3.18. The molecule has 0 bridgehead atoms. The van der Waals surface area contributed by atoms with Gasteiger partial charge in [0.2, 0.25) is 6.79 Å². The van der Waals surface area contributed by atoms with Gasteiger partial charge in [-0.05, 0) is 64.9 Å². The smallest absolute Gasteiger partial charge is 0.295 e. The van der Waals surface area contributed by atoms with Crippen LogP contribution in [0.15, 0.2) is 72.3 Å². The Morgan fingerprint density at radius 3 is 2.34 bits per heavy atom. The van der Waals surface area contributed by atoms with E-state index in [1.165, 1.54) is 4.90 Å². The minimum atomic E-state index is -0.764. The van der Waals surface area contributed by atoms with Gasteiger partial charge in [-0.1, -0.05) is 70.9 Å². The molecule has 1 saturated heterocycles. The van der Waals surface area contributed by atoms with Crippen LogP contribution in [-0.4, -0.2) is 35.1 Å². The van der Waals surface area contributed by atoms with Crippen molar-refractivity contribution >= 4 is 17.4 Å². The highest BCUT2D eigenvalue weighted by atomic mass is 16.7. The van der Waals surface area contributed by atoms with Crippen molar-refractivity contribution in [3.8, 4) is 17.2 Å². The Bertz CT molecular complexity index is 1450. The Morgan fingerprint density at radius 1 is 0.951 bits per heavy atom. The number of fused-ring (bicyclic) bond motifs is 1. The van der Waals surface area contributed by atoms with Crippen molar-refractivity contribution < 1.29 is 28.9 Å². The first-order chi connectivity index (χ1) is 19.7. The first kappa shape index (κ1) is 28.3. The molecule has 1 atom stereocenters. The molecular formula is C34H37NO6. The maximum Gasteiger partial charge on any atom is 0.295 e. The molecular weight excluding hydrogens is 518 g/mol. The highest BCUT2D eigenvalue weighted by molar-refractivity contribution is 6.46. The summed E-state index contributed by atoms with van der Waals surface area (Å²) in [6, 6.07) is 19.6. The number of aliphatic hydroxyl groups is 1. The first-order valence-electron chi connectivity index (χ1n) is 14.2. The summed E-state index contributed by atoms with van der Waals surface area (Å²) in [5, 5.41) is 11.5. The number of unbranched alkanes of at least 4 members (excludes halogenated alkanes) is 2. The standard InChI is InChI=1S/C34H37NO6/c1-5-6-7-18-39-26-15-11-24(12-16-26)31(36)29-30(23-9-13-25(14-10-23)34(2,3)4)35(33(38)32(29)37)20-22-8-17-27-28(19-22)41-21-40-27/h8-17,19,30,36H,5-7,18,20-21H2,1-4H3/b31-29+. The van der Waals surface area contributed by atoms with Gasteiger partial charge >= 0.3 is 0 Å². The minimum Gasteiger partial charge on any atom is -0.507 e. The Hall–Kier alpha value is -4.26. The van der Waals surface area contributed by atoms with Gasteiger partial charge in [-0.2, -0.15) is 0 Å². The first-order valence-corrected chi connectivity index (χ1v) is 14.2. The molecule has 214 valence electrons. The highest BCUT2D eigenvalue weighted by Gasteiger charge is 2.46. The van der Waals surface area contributed by atoms with E-state index in [1.54, 1.807) is 30.3 Å². The van der Waals surface area contributed by atoms with Gasteiger partial charge in [0.15, 0.2) is 11.5 Å². The van der Waals surface area contributed by atoms with Crippen LogP contribution in [0.2, 0.25) is 0 Å². The van der Waals surface area contributed by atoms with E-state index in [0.717, 1.165) is 36.0 Å². The lowest BCUT2D eigenvalue weighted by atomic mass is 9.85. The topological polar surface area (TPSA) is 85.3 Å². The Kier molecular flexibility index (Phi) is 8.06. The molecule has 1 N–H and O–H groups in total. The molecule has 41 heavy (non-hydrogen) atoms. The molecule has 2 heterocycles. The number of nitrogens with zero attached hydrogens (tertiary/aromatic N) is 1. The quantitative estimate of drug-likeness (QED) is 0.134. The number of hydrogen-bond donors (Lipinski definition) is 1. The van der Waals surface area contributed by atoms with Crippen LogP contribution < -0.4 is 14.2 Å². The number of carbonyl (C=O) groups is 2. The molecule has 3 aromatic rings. The third-order valence-electron chi connectivity index (χ3n) is 7.57. The fourth-order valence-corrected chi connectivity index (χ4v) is 5.20. The molecule has 1 unspecified atom stereocenters. The van der Waals surface area contributed by atoms with E-state index < -0.39 is 17.7 Å². The third-order valence-corrected chi connectivity index (χ3v) is 7.57. The Balaban J connectivity index is 1.51. The molecule has 7 heteroatoms. The zero-order valence-electron chi connectivity index (χ0n) is 24.1. The number of rotatable bonds is 9. The predicted octanol–water partition coefficient (Wildman–Crippen LogP) is 6.90. The molecule has 5 rings (SSSR count). The average Bonchev–Trinajstić information content (AvgIpc) is 3.53. The summed E-state index contributed by atoms with van der Waals surface area (Å²) in [7, 11) is 0. The third kappa shape index (κ3) is 5.94. The molecule has 0 radical (unpaired) electrons. The van der Waals surface area contributed by atoms with Gasteiger partial charge in [-0.15, -0.1) is 0 Å². The van der Waals surface area contributed by atoms with Gasteiger partial charge in [0, 0.05) is 12.1 Å². The van der Waals surface area contributed by atoms with Gasteiger partial charge in [0.05, 0.1) is 18.2 Å². The van der Waals surface area contributed by atoms with Gasteiger partial charge in [0.25, 0.3) is 11.7 Å². The fourth-order valence-electron chi connectivity index (χ4n) is 5.20. The monoisotopic (exact) mass is 555 g/mol. The van der Waals surface area contributed by atoms with Crippen LogP contribution in [0.1, 0.15) is 75.3 Å². The number of Topliss-reactive ketones (excluding diaryl/α,β-unsaturated/α-hetero) is 1. The molecule has 3 aromatic carbocycles. The lowest BCUT2D eigenvalue weighted by Gasteiger charge is -2.26. The van der Waals surface area contributed by atoms with Crippen molar-refractivity contribution in [2.75, 3.05) is 13.4 Å². The van der Waals surface area contributed by atoms with Crippen LogP contribution in [0.4, 0.5) is 0 Å². The molecule has 0 aromatic heterocycles. The molecule has 0 spiro atoms. The molecule has 1 fully saturated rings. The van der Waals surface area contributed by atoms with Crippen LogP contribution >= 0.6 is 0 Å².